The molecule has 0 amide bonds. The molecule has 0 aromatic carbocycles. The molecule has 0 aliphatic carbocycles. The predicted molar refractivity (Wildman–Crippen MR) is 59.4 cm³/mol. The van der Waals surface area contributed by atoms with E-state index in [1.54, 1.807) is 18.5 Å². The molecule has 0 fully saturated rings. The predicted octanol–water partition coefficient (Wildman–Crippen LogP) is 0.906. The van der Waals surface area contributed by atoms with Gasteiger partial charge in [0, 0.05) is 11.6 Å². The summed E-state index contributed by atoms with van der Waals surface area (Å²) in [6.45, 7) is 1.74. The normalized spacial score (nSPS) is 13.8. The summed E-state index contributed by atoms with van der Waals surface area (Å²) >= 11 is 1.41. The van der Waals surface area contributed by atoms with E-state index < -0.39 is 10.0 Å². The van der Waals surface area contributed by atoms with Crippen molar-refractivity contribution in [1.82, 2.24) is 19.9 Å². The Balaban J connectivity index is 2.16. The van der Waals surface area contributed by atoms with Gasteiger partial charge in [-0.25, -0.2) is 18.1 Å². The van der Waals surface area contributed by atoms with Crippen LogP contribution in [-0.2, 0) is 10.0 Å². The second kappa shape index (κ2) is 4.32. The third kappa shape index (κ3) is 2.29. The molecule has 16 heavy (non-hydrogen) atoms. The summed E-state index contributed by atoms with van der Waals surface area (Å²) in [6.07, 6.45) is 3.03. The molecule has 1 atom stereocenters. The van der Waals surface area contributed by atoms with Gasteiger partial charge in [-0.15, -0.1) is 11.3 Å². The van der Waals surface area contributed by atoms with Crippen LogP contribution in [0.4, 0.5) is 0 Å². The monoisotopic (exact) mass is 258 g/mol. The number of aromatic nitrogens is 3. The Morgan fingerprint density at radius 2 is 2.31 bits per heavy atom. The molecule has 2 N–H and O–H groups in total. The van der Waals surface area contributed by atoms with Gasteiger partial charge < -0.3 is 0 Å². The fourth-order valence-corrected chi connectivity index (χ4v) is 3.03. The van der Waals surface area contributed by atoms with Crippen molar-refractivity contribution < 1.29 is 8.42 Å². The minimum Gasteiger partial charge on any atom is -0.266 e. The van der Waals surface area contributed by atoms with Gasteiger partial charge in [0.1, 0.15) is 5.01 Å². The van der Waals surface area contributed by atoms with Crippen LogP contribution in [0.3, 0.4) is 0 Å². The van der Waals surface area contributed by atoms with Crippen LogP contribution in [0.25, 0.3) is 0 Å². The highest BCUT2D eigenvalue weighted by Crippen LogP contribution is 2.17. The molecule has 0 aliphatic heterocycles. The molecule has 0 saturated carbocycles. The minimum atomic E-state index is -3.54. The first-order valence-electron chi connectivity index (χ1n) is 4.51. The van der Waals surface area contributed by atoms with E-state index in [2.05, 4.69) is 19.9 Å². The number of aromatic amines is 1. The van der Waals surface area contributed by atoms with Crippen LogP contribution < -0.4 is 4.72 Å². The average molecular weight is 258 g/mol. The molecular formula is C8H10N4O2S2. The third-order valence-corrected chi connectivity index (χ3v) is 4.35. The van der Waals surface area contributed by atoms with Gasteiger partial charge in [0.05, 0.1) is 12.2 Å². The van der Waals surface area contributed by atoms with Crippen LogP contribution in [0.15, 0.2) is 28.9 Å². The van der Waals surface area contributed by atoms with Crippen molar-refractivity contribution in [3.05, 3.63) is 28.8 Å². The zero-order chi connectivity index (χ0) is 11.6. The van der Waals surface area contributed by atoms with E-state index in [-0.39, 0.29) is 11.1 Å². The summed E-state index contributed by atoms with van der Waals surface area (Å²) in [6, 6.07) is 1.05. The fraction of sp³-hybridized carbons (Fsp3) is 0.250. The maximum atomic E-state index is 11.8. The Labute approximate surface area is 96.8 Å². The maximum Gasteiger partial charge on any atom is 0.258 e. The number of hydrogen-bond donors (Lipinski definition) is 2. The number of sulfonamides is 1. The van der Waals surface area contributed by atoms with Crippen LogP contribution >= 0.6 is 11.3 Å². The average Bonchev–Trinajstić information content (AvgIpc) is 2.91. The molecule has 2 heterocycles. The Hall–Kier alpha value is -1.25. The molecule has 0 saturated heterocycles. The SMILES string of the molecule is CC(NS(=O)(=O)c1ccn[nH]1)c1nccs1. The van der Waals surface area contributed by atoms with Crippen LogP contribution in [0, 0.1) is 0 Å². The molecule has 1 unspecified atom stereocenters. The van der Waals surface area contributed by atoms with Crippen LogP contribution in [-0.4, -0.2) is 23.6 Å². The first-order valence-corrected chi connectivity index (χ1v) is 6.87. The van der Waals surface area contributed by atoms with Gasteiger partial charge in [0.15, 0.2) is 5.03 Å². The Kier molecular flexibility index (Phi) is 3.03. The minimum absolute atomic E-state index is 0.0518. The van der Waals surface area contributed by atoms with E-state index in [0.717, 1.165) is 5.01 Å². The van der Waals surface area contributed by atoms with Gasteiger partial charge in [-0.05, 0) is 13.0 Å². The quantitative estimate of drug-likeness (QED) is 0.853. The van der Waals surface area contributed by atoms with Crippen molar-refractivity contribution >= 4 is 21.4 Å². The zero-order valence-corrected chi connectivity index (χ0v) is 10.0. The summed E-state index contributed by atoms with van der Waals surface area (Å²) in [7, 11) is -3.54. The van der Waals surface area contributed by atoms with Crippen molar-refractivity contribution in [2.45, 2.75) is 18.0 Å². The Morgan fingerprint density at radius 1 is 1.50 bits per heavy atom. The molecule has 2 rings (SSSR count). The molecule has 0 spiro atoms. The molecule has 2 aromatic rings. The smallest absolute Gasteiger partial charge is 0.258 e. The first-order chi connectivity index (χ1) is 7.59. The van der Waals surface area contributed by atoms with E-state index in [4.69, 9.17) is 0 Å². The van der Waals surface area contributed by atoms with Crippen molar-refractivity contribution in [3.63, 3.8) is 0 Å². The zero-order valence-electron chi connectivity index (χ0n) is 8.41. The van der Waals surface area contributed by atoms with Crippen LogP contribution in [0.5, 0.6) is 0 Å². The van der Waals surface area contributed by atoms with Crippen LogP contribution in [0.1, 0.15) is 18.0 Å². The molecular weight excluding hydrogens is 248 g/mol. The van der Waals surface area contributed by atoms with Gasteiger partial charge >= 0.3 is 0 Å². The van der Waals surface area contributed by atoms with E-state index in [9.17, 15) is 8.42 Å². The van der Waals surface area contributed by atoms with Gasteiger partial charge in [-0.1, -0.05) is 0 Å². The molecule has 0 radical (unpaired) electrons. The number of hydrogen-bond acceptors (Lipinski definition) is 5. The molecule has 2 aromatic heterocycles. The summed E-state index contributed by atoms with van der Waals surface area (Å²) in [5.41, 5.74) is 0. The molecule has 0 aliphatic rings. The van der Waals surface area contributed by atoms with Crippen molar-refractivity contribution in [2.75, 3.05) is 0 Å². The van der Waals surface area contributed by atoms with Crippen molar-refractivity contribution in [3.8, 4) is 0 Å². The summed E-state index contributed by atoms with van der Waals surface area (Å²) in [4.78, 5) is 4.05. The van der Waals surface area contributed by atoms with E-state index in [1.807, 2.05) is 0 Å². The number of thiazole rings is 1. The van der Waals surface area contributed by atoms with Crippen molar-refractivity contribution in [2.24, 2.45) is 0 Å². The fourth-order valence-electron chi connectivity index (χ4n) is 1.19. The Bertz CT molecular complexity index is 533. The number of nitrogens with one attached hydrogen (secondary N) is 2. The maximum absolute atomic E-state index is 11.8. The van der Waals surface area contributed by atoms with E-state index >= 15 is 0 Å². The first kappa shape index (κ1) is 11.2. The van der Waals surface area contributed by atoms with E-state index in [1.165, 1.54) is 23.6 Å². The lowest BCUT2D eigenvalue weighted by molar-refractivity contribution is 0.562. The lowest BCUT2D eigenvalue weighted by Crippen LogP contribution is -2.27. The lowest BCUT2D eigenvalue weighted by Gasteiger charge is -2.10. The second-order valence-corrected chi connectivity index (χ2v) is 5.74. The Morgan fingerprint density at radius 3 is 2.88 bits per heavy atom. The van der Waals surface area contributed by atoms with Crippen molar-refractivity contribution in [1.29, 1.82) is 0 Å². The molecule has 86 valence electrons. The van der Waals surface area contributed by atoms with Crippen LogP contribution in [0.2, 0.25) is 0 Å². The topological polar surface area (TPSA) is 87.7 Å². The standard InChI is InChI=1S/C8H10N4O2S2/c1-6(8-9-4-5-15-8)12-16(13,14)7-2-3-10-11-7/h2-6,12H,1H3,(H,10,11). The van der Waals surface area contributed by atoms with Gasteiger partial charge in [-0.2, -0.15) is 5.10 Å². The summed E-state index contributed by atoms with van der Waals surface area (Å²) < 4.78 is 26.1. The highest BCUT2D eigenvalue weighted by atomic mass is 32.2. The number of rotatable bonds is 4. The highest BCUT2D eigenvalue weighted by molar-refractivity contribution is 7.89. The van der Waals surface area contributed by atoms with Gasteiger partial charge in [0.25, 0.3) is 10.0 Å². The molecule has 6 nitrogen and oxygen atoms in total. The second-order valence-electron chi connectivity index (χ2n) is 3.13. The van der Waals surface area contributed by atoms with Gasteiger partial charge in [0.2, 0.25) is 0 Å². The summed E-state index contributed by atoms with van der Waals surface area (Å²) in [5.74, 6) is 0. The number of nitrogens with zero attached hydrogens (tertiary/aromatic N) is 2. The molecule has 0 bridgehead atoms. The molecule has 8 heteroatoms. The summed E-state index contributed by atoms with van der Waals surface area (Å²) in [5, 5.41) is 8.59. The van der Waals surface area contributed by atoms with Gasteiger partial charge in [-0.3, -0.25) is 5.10 Å². The van der Waals surface area contributed by atoms with E-state index in [0.29, 0.717) is 0 Å². The third-order valence-electron chi connectivity index (χ3n) is 1.92. The highest BCUT2D eigenvalue weighted by Gasteiger charge is 2.20. The lowest BCUT2D eigenvalue weighted by atomic mass is 10.4. The largest absolute Gasteiger partial charge is 0.266 e. The number of H-pyrrole nitrogens is 1.